The molecule has 0 aliphatic rings. The summed E-state index contributed by atoms with van der Waals surface area (Å²) in [6.45, 7) is 1.97. The third-order valence-electron chi connectivity index (χ3n) is 4.20. The highest BCUT2D eigenvalue weighted by Crippen LogP contribution is 2.34. The first kappa shape index (κ1) is 17.3. The van der Waals surface area contributed by atoms with E-state index >= 15 is 0 Å². The zero-order valence-electron chi connectivity index (χ0n) is 15.0. The fraction of sp³-hybridized carbons (Fsp3) is 0.0500. The highest BCUT2D eigenvalue weighted by molar-refractivity contribution is 5.93. The third kappa shape index (κ3) is 3.43. The van der Waals surface area contributed by atoms with Crippen LogP contribution >= 0.6 is 0 Å². The van der Waals surface area contributed by atoms with E-state index < -0.39 is 4.92 Å². The van der Waals surface area contributed by atoms with Gasteiger partial charge in [0.2, 0.25) is 11.6 Å². The van der Waals surface area contributed by atoms with Crippen molar-refractivity contribution in [2.75, 3.05) is 10.6 Å². The van der Waals surface area contributed by atoms with Gasteiger partial charge in [0.05, 0.1) is 16.1 Å². The predicted molar refractivity (Wildman–Crippen MR) is 108 cm³/mol. The van der Waals surface area contributed by atoms with E-state index in [1.54, 1.807) is 12.3 Å². The molecule has 0 bridgehead atoms. The zero-order valence-corrected chi connectivity index (χ0v) is 15.0. The van der Waals surface area contributed by atoms with Crippen LogP contribution in [0.4, 0.5) is 28.7 Å². The van der Waals surface area contributed by atoms with Gasteiger partial charge in [-0.15, -0.1) is 0 Å². The molecule has 138 valence electrons. The molecule has 0 spiro atoms. The molecule has 0 amide bonds. The van der Waals surface area contributed by atoms with Crippen molar-refractivity contribution in [3.63, 3.8) is 0 Å². The van der Waals surface area contributed by atoms with Crippen LogP contribution in [-0.4, -0.2) is 19.9 Å². The van der Waals surface area contributed by atoms with Gasteiger partial charge in [0, 0.05) is 17.3 Å². The summed E-state index contributed by atoms with van der Waals surface area (Å²) >= 11 is 0. The molecule has 2 heterocycles. The first-order chi connectivity index (χ1) is 13.6. The van der Waals surface area contributed by atoms with E-state index in [0.717, 1.165) is 10.9 Å². The van der Waals surface area contributed by atoms with Crippen molar-refractivity contribution >= 4 is 39.6 Å². The molecular formula is C20H16N6O2. The third-order valence-corrected chi connectivity index (χ3v) is 4.20. The molecule has 0 radical (unpaired) electrons. The predicted octanol–water partition coefficient (Wildman–Crippen LogP) is 4.73. The molecule has 4 rings (SSSR count). The van der Waals surface area contributed by atoms with Gasteiger partial charge in [-0.2, -0.15) is 0 Å². The Morgan fingerprint density at radius 1 is 0.893 bits per heavy atom. The van der Waals surface area contributed by atoms with E-state index in [2.05, 4.69) is 25.6 Å². The molecule has 2 aromatic heterocycles. The van der Waals surface area contributed by atoms with E-state index in [1.165, 1.54) is 6.33 Å². The minimum Gasteiger partial charge on any atom is -0.334 e. The van der Waals surface area contributed by atoms with E-state index in [9.17, 15) is 10.1 Å². The smallest absolute Gasteiger partial charge is 0.334 e. The average Bonchev–Trinajstić information content (AvgIpc) is 2.70. The molecule has 2 aromatic carbocycles. The molecule has 8 heteroatoms. The number of anilines is 4. The molecule has 0 aliphatic carbocycles. The van der Waals surface area contributed by atoms with Crippen LogP contribution in [-0.2, 0) is 0 Å². The van der Waals surface area contributed by atoms with Crippen LogP contribution in [0, 0.1) is 17.0 Å². The fourth-order valence-corrected chi connectivity index (χ4v) is 2.84. The molecule has 0 atom stereocenters. The number of nitro groups is 1. The number of aryl methyl sites for hydroxylation is 1. The zero-order chi connectivity index (χ0) is 19.5. The number of pyridine rings is 1. The SMILES string of the molecule is Cc1ccc(Nc2ncnc(Nc3cccc4cccnc34)c2[N+](=O)[O-])cc1. The normalized spacial score (nSPS) is 10.6. The van der Waals surface area contributed by atoms with Gasteiger partial charge < -0.3 is 10.6 Å². The Morgan fingerprint density at radius 3 is 2.36 bits per heavy atom. The molecule has 8 nitrogen and oxygen atoms in total. The van der Waals surface area contributed by atoms with Crippen LogP contribution in [0.25, 0.3) is 10.9 Å². The molecule has 28 heavy (non-hydrogen) atoms. The number of benzene rings is 2. The highest BCUT2D eigenvalue weighted by atomic mass is 16.6. The van der Waals surface area contributed by atoms with E-state index in [-0.39, 0.29) is 17.3 Å². The summed E-state index contributed by atoms with van der Waals surface area (Å²) in [6, 6.07) is 16.8. The summed E-state index contributed by atoms with van der Waals surface area (Å²) in [4.78, 5) is 23.8. The maximum atomic E-state index is 11.8. The van der Waals surface area contributed by atoms with E-state index in [4.69, 9.17) is 0 Å². The van der Waals surface area contributed by atoms with Gasteiger partial charge in [-0.1, -0.05) is 35.9 Å². The largest absolute Gasteiger partial charge is 0.353 e. The Bertz CT molecular complexity index is 1160. The van der Waals surface area contributed by atoms with Crippen molar-refractivity contribution in [1.29, 1.82) is 0 Å². The summed E-state index contributed by atoms with van der Waals surface area (Å²) in [6.07, 6.45) is 2.96. The Balaban J connectivity index is 1.74. The molecule has 4 aromatic rings. The van der Waals surface area contributed by atoms with Gasteiger partial charge in [-0.25, -0.2) is 9.97 Å². The van der Waals surface area contributed by atoms with Crippen LogP contribution in [0.5, 0.6) is 0 Å². The molecule has 0 saturated heterocycles. The minimum absolute atomic E-state index is 0.0905. The van der Waals surface area contributed by atoms with Gasteiger partial charge in [0.15, 0.2) is 0 Å². The molecule has 0 aliphatic heterocycles. The monoisotopic (exact) mass is 372 g/mol. The number of rotatable bonds is 5. The quantitative estimate of drug-likeness (QED) is 0.385. The first-order valence-electron chi connectivity index (χ1n) is 8.55. The summed E-state index contributed by atoms with van der Waals surface area (Å²) in [7, 11) is 0. The number of nitrogens with one attached hydrogen (secondary N) is 2. The summed E-state index contributed by atoms with van der Waals surface area (Å²) in [5.74, 6) is 0.201. The van der Waals surface area contributed by atoms with Crippen molar-refractivity contribution in [3.05, 3.63) is 82.8 Å². The molecular weight excluding hydrogens is 356 g/mol. The van der Waals surface area contributed by atoms with Gasteiger partial charge in [0.1, 0.15) is 6.33 Å². The van der Waals surface area contributed by atoms with Crippen LogP contribution < -0.4 is 10.6 Å². The lowest BCUT2D eigenvalue weighted by Crippen LogP contribution is -2.06. The summed E-state index contributed by atoms with van der Waals surface area (Å²) < 4.78 is 0. The Morgan fingerprint density at radius 2 is 1.61 bits per heavy atom. The average molecular weight is 372 g/mol. The van der Waals surface area contributed by atoms with Crippen LogP contribution in [0.2, 0.25) is 0 Å². The number of aromatic nitrogens is 3. The van der Waals surface area contributed by atoms with Crippen LogP contribution in [0.15, 0.2) is 67.1 Å². The summed E-state index contributed by atoms with van der Waals surface area (Å²) in [5.41, 5.74) is 2.88. The number of para-hydroxylation sites is 1. The van der Waals surface area contributed by atoms with Gasteiger partial charge in [0.25, 0.3) is 0 Å². The second-order valence-corrected chi connectivity index (χ2v) is 6.17. The minimum atomic E-state index is -0.503. The number of nitrogens with zero attached hydrogens (tertiary/aromatic N) is 4. The van der Waals surface area contributed by atoms with Gasteiger partial charge in [-0.05, 0) is 31.2 Å². The topological polar surface area (TPSA) is 106 Å². The summed E-state index contributed by atoms with van der Waals surface area (Å²) in [5, 5.41) is 18.7. The van der Waals surface area contributed by atoms with Crippen molar-refractivity contribution in [3.8, 4) is 0 Å². The lowest BCUT2D eigenvalue weighted by atomic mass is 10.2. The Kier molecular flexibility index (Phi) is 4.51. The number of hydrogen-bond acceptors (Lipinski definition) is 7. The van der Waals surface area contributed by atoms with Gasteiger partial charge in [-0.3, -0.25) is 15.1 Å². The standard InChI is InChI=1S/C20H16N6O2/c1-13-7-9-15(10-8-13)24-19-18(26(27)28)20(23-12-22-19)25-16-6-2-4-14-5-3-11-21-17(14)16/h2-12H,1H3,(H2,22,23,24,25). The molecule has 0 saturated carbocycles. The van der Waals surface area contributed by atoms with Crippen LogP contribution in [0.1, 0.15) is 5.56 Å². The van der Waals surface area contributed by atoms with Crippen LogP contribution in [0.3, 0.4) is 0 Å². The highest BCUT2D eigenvalue weighted by Gasteiger charge is 2.23. The van der Waals surface area contributed by atoms with Crippen molar-refractivity contribution in [2.45, 2.75) is 6.92 Å². The van der Waals surface area contributed by atoms with Crippen molar-refractivity contribution in [1.82, 2.24) is 15.0 Å². The number of fused-ring (bicyclic) bond motifs is 1. The second-order valence-electron chi connectivity index (χ2n) is 6.17. The lowest BCUT2D eigenvalue weighted by molar-refractivity contribution is -0.383. The van der Waals surface area contributed by atoms with E-state index in [1.807, 2.05) is 55.5 Å². The Hall–Kier alpha value is -4.07. The maximum absolute atomic E-state index is 11.8. The lowest BCUT2D eigenvalue weighted by Gasteiger charge is -2.11. The van der Waals surface area contributed by atoms with Gasteiger partial charge >= 0.3 is 5.69 Å². The molecule has 2 N–H and O–H groups in total. The number of hydrogen-bond donors (Lipinski definition) is 2. The Labute approximate surface area is 160 Å². The van der Waals surface area contributed by atoms with Crippen molar-refractivity contribution in [2.24, 2.45) is 0 Å². The van der Waals surface area contributed by atoms with Crippen molar-refractivity contribution < 1.29 is 4.92 Å². The molecule has 0 fully saturated rings. The first-order valence-corrected chi connectivity index (χ1v) is 8.55. The molecule has 0 unspecified atom stereocenters. The second kappa shape index (κ2) is 7.28. The van der Waals surface area contributed by atoms with E-state index in [0.29, 0.717) is 16.9 Å². The fourth-order valence-electron chi connectivity index (χ4n) is 2.84. The maximum Gasteiger partial charge on any atom is 0.353 e.